The zero-order chi connectivity index (χ0) is 12.1. The third-order valence-corrected chi connectivity index (χ3v) is 2.23. The highest BCUT2D eigenvalue weighted by Gasteiger charge is 2.16. The molecular weight excluding hydrogens is 232 g/mol. The number of hydrogen-bond donors (Lipinski definition) is 3. The van der Waals surface area contributed by atoms with Crippen LogP contribution in [-0.2, 0) is 4.79 Å². The molecule has 4 N–H and O–H groups in total. The Bertz CT molecular complexity index is 376. The highest BCUT2D eigenvalue weighted by Crippen LogP contribution is 2.19. The Morgan fingerprint density at radius 2 is 1.94 bits per heavy atom. The van der Waals surface area contributed by atoms with E-state index < -0.39 is 18.0 Å². The molecule has 0 saturated carbocycles. The van der Waals surface area contributed by atoms with Crippen molar-refractivity contribution < 1.29 is 14.7 Å². The standard InChI is InChI=1S/C10H11ClN2O3/c11-7-3-1-6(2-4-7)8(5-9(12)14)13-10(15)16/h1-4,8,13H,5H2,(H2,12,14)(H,15,16). The number of primary amides is 1. The van der Waals surface area contributed by atoms with Crippen molar-refractivity contribution in [3.05, 3.63) is 34.9 Å². The van der Waals surface area contributed by atoms with Crippen LogP contribution in [-0.4, -0.2) is 17.1 Å². The van der Waals surface area contributed by atoms with Crippen LogP contribution in [0.1, 0.15) is 18.0 Å². The summed E-state index contributed by atoms with van der Waals surface area (Å²) in [5.74, 6) is -0.575. The van der Waals surface area contributed by atoms with Gasteiger partial charge in [0, 0.05) is 5.02 Å². The van der Waals surface area contributed by atoms with Crippen LogP contribution < -0.4 is 11.1 Å². The van der Waals surface area contributed by atoms with Gasteiger partial charge in [-0.15, -0.1) is 0 Å². The molecule has 0 fully saturated rings. The highest BCUT2D eigenvalue weighted by molar-refractivity contribution is 6.30. The molecule has 1 rings (SSSR count). The minimum Gasteiger partial charge on any atom is -0.465 e. The van der Waals surface area contributed by atoms with Gasteiger partial charge in [-0.25, -0.2) is 4.79 Å². The number of hydrogen-bond acceptors (Lipinski definition) is 2. The van der Waals surface area contributed by atoms with E-state index in [1.165, 1.54) is 0 Å². The van der Waals surface area contributed by atoms with E-state index in [4.69, 9.17) is 22.4 Å². The van der Waals surface area contributed by atoms with Crippen molar-refractivity contribution in [1.82, 2.24) is 5.32 Å². The van der Waals surface area contributed by atoms with E-state index >= 15 is 0 Å². The Hall–Kier alpha value is -1.75. The van der Waals surface area contributed by atoms with Gasteiger partial charge in [0.1, 0.15) is 0 Å². The zero-order valence-corrected chi connectivity index (χ0v) is 9.07. The zero-order valence-electron chi connectivity index (χ0n) is 8.31. The summed E-state index contributed by atoms with van der Waals surface area (Å²) < 4.78 is 0. The van der Waals surface area contributed by atoms with Crippen LogP contribution in [0.2, 0.25) is 5.02 Å². The molecule has 1 aromatic carbocycles. The lowest BCUT2D eigenvalue weighted by molar-refractivity contribution is -0.118. The summed E-state index contributed by atoms with van der Waals surface area (Å²) in [6.45, 7) is 0. The Labute approximate surface area is 97.2 Å². The van der Waals surface area contributed by atoms with Crippen molar-refractivity contribution in [1.29, 1.82) is 0 Å². The molecule has 16 heavy (non-hydrogen) atoms. The molecule has 1 atom stereocenters. The third kappa shape index (κ3) is 3.78. The maximum Gasteiger partial charge on any atom is 0.405 e. The molecule has 0 radical (unpaired) electrons. The molecule has 6 heteroatoms. The average molecular weight is 243 g/mol. The van der Waals surface area contributed by atoms with Crippen LogP contribution in [0.25, 0.3) is 0 Å². The number of rotatable bonds is 4. The number of nitrogens with two attached hydrogens (primary N) is 1. The van der Waals surface area contributed by atoms with Gasteiger partial charge in [-0.05, 0) is 17.7 Å². The van der Waals surface area contributed by atoms with Crippen LogP contribution in [0.15, 0.2) is 24.3 Å². The Balaban J connectivity index is 2.86. The number of carbonyl (C=O) groups is 2. The fourth-order valence-corrected chi connectivity index (χ4v) is 1.42. The molecule has 0 aromatic heterocycles. The topological polar surface area (TPSA) is 92.4 Å². The summed E-state index contributed by atoms with van der Waals surface area (Å²) in [5.41, 5.74) is 5.68. The van der Waals surface area contributed by atoms with E-state index in [2.05, 4.69) is 5.32 Å². The summed E-state index contributed by atoms with van der Waals surface area (Å²) in [5, 5.41) is 11.4. The first-order valence-corrected chi connectivity index (χ1v) is 4.90. The normalized spacial score (nSPS) is 11.8. The number of halogens is 1. The van der Waals surface area contributed by atoms with E-state index in [9.17, 15) is 9.59 Å². The predicted octanol–water partition coefficient (Wildman–Crippen LogP) is 1.52. The van der Waals surface area contributed by atoms with E-state index in [0.717, 1.165) is 0 Å². The van der Waals surface area contributed by atoms with Crippen molar-refractivity contribution in [2.45, 2.75) is 12.5 Å². The second-order valence-electron chi connectivity index (χ2n) is 3.22. The van der Waals surface area contributed by atoms with Gasteiger partial charge in [0.05, 0.1) is 12.5 Å². The van der Waals surface area contributed by atoms with E-state index in [1.54, 1.807) is 24.3 Å². The van der Waals surface area contributed by atoms with Crippen molar-refractivity contribution in [3.8, 4) is 0 Å². The van der Waals surface area contributed by atoms with Gasteiger partial charge in [0.15, 0.2) is 0 Å². The molecule has 86 valence electrons. The lowest BCUT2D eigenvalue weighted by Gasteiger charge is -2.15. The molecule has 0 bridgehead atoms. The largest absolute Gasteiger partial charge is 0.465 e. The Morgan fingerprint density at radius 3 is 2.38 bits per heavy atom. The fraction of sp³-hybridized carbons (Fsp3) is 0.200. The molecule has 0 aliphatic rings. The van der Waals surface area contributed by atoms with Crippen molar-refractivity contribution in [2.24, 2.45) is 5.73 Å². The minimum atomic E-state index is -1.21. The molecule has 0 saturated heterocycles. The average Bonchev–Trinajstić information content (AvgIpc) is 2.16. The van der Waals surface area contributed by atoms with E-state index in [-0.39, 0.29) is 6.42 Å². The second-order valence-corrected chi connectivity index (χ2v) is 3.66. The monoisotopic (exact) mass is 242 g/mol. The van der Waals surface area contributed by atoms with Gasteiger partial charge in [0.25, 0.3) is 0 Å². The smallest absolute Gasteiger partial charge is 0.405 e. The number of carboxylic acid groups (broad SMARTS) is 1. The molecule has 2 amide bonds. The van der Waals surface area contributed by atoms with Crippen LogP contribution in [0.5, 0.6) is 0 Å². The van der Waals surface area contributed by atoms with Gasteiger partial charge in [-0.3, -0.25) is 4.79 Å². The Kier molecular flexibility index (Phi) is 4.13. The quantitative estimate of drug-likeness (QED) is 0.747. The maximum atomic E-state index is 10.8. The number of carbonyl (C=O) groups excluding carboxylic acids is 1. The van der Waals surface area contributed by atoms with Crippen molar-refractivity contribution in [2.75, 3.05) is 0 Å². The second kappa shape index (κ2) is 5.37. The summed E-state index contributed by atoms with van der Waals surface area (Å²) >= 11 is 5.70. The molecule has 0 heterocycles. The predicted molar refractivity (Wildman–Crippen MR) is 59.2 cm³/mol. The summed E-state index contributed by atoms with van der Waals surface area (Å²) in [6.07, 6.45) is -1.30. The fourth-order valence-electron chi connectivity index (χ4n) is 1.30. The van der Waals surface area contributed by atoms with Gasteiger partial charge >= 0.3 is 6.09 Å². The van der Waals surface area contributed by atoms with E-state index in [1.807, 2.05) is 0 Å². The number of amides is 2. The van der Waals surface area contributed by atoms with Crippen LogP contribution in [0.3, 0.4) is 0 Å². The van der Waals surface area contributed by atoms with E-state index in [0.29, 0.717) is 10.6 Å². The first-order valence-electron chi connectivity index (χ1n) is 4.52. The van der Waals surface area contributed by atoms with Gasteiger partial charge in [-0.2, -0.15) is 0 Å². The molecular formula is C10H11ClN2O3. The van der Waals surface area contributed by atoms with Crippen molar-refractivity contribution >= 4 is 23.6 Å². The highest BCUT2D eigenvalue weighted by atomic mass is 35.5. The van der Waals surface area contributed by atoms with Gasteiger partial charge < -0.3 is 16.2 Å². The maximum absolute atomic E-state index is 10.8. The SMILES string of the molecule is NC(=O)CC(NC(=O)O)c1ccc(Cl)cc1. The third-order valence-electron chi connectivity index (χ3n) is 1.98. The van der Waals surface area contributed by atoms with Crippen molar-refractivity contribution in [3.63, 3.8) is 0 Å². The first kappa shape index (κ1) is 12.3. The lowest BCUT2D eigenvalue weighted by Crippen LogP contribution is -2.30. The lowest BCUT2D eigenvalue weighted by atomic mass is 10.0. The number of nitrogens with one attached hydrogen (secondary N) is 1. The molecule has 1 aromatic rings. The van der Waals surface area contributed by atoms with Crippen LogP contribution in [0.4, 0.5) is 4.79 Å². The molecule has 0 spiro atoms. The number of benzene rings is 1. The summed E-state index contributed by atoms with van der Waals surface area (Å²) in [6, 6.07) is 5.88. The Morgan fingerprint density at radius 1 is 1.38 bits per heavy atom. The minimum absolute atomic E-state index is 0.0894. The summed E-state index contributed by atoms with van der Waals surface area (Å²) in [4.78, 5) is 21.3. The van der Waals surface area contributed by atoms with Crippen LogP contribution in [0, 0.1) is 0 Å². The summed E-state index contributed by atoms with van der Waals surface area (Å²) in [7, 11) is 0. The molecule has 1 unspecified atom stereocenters. The van der Waals surface area contributed by atoms with Gasteiger partial charge in [-0.1, -0.05) is 23.7 Å². The molecule has 0 aliphatic heterocycles. The first-order chi connectivity index (χ1) is 7.49. The molecule has 0 aliphatic carbocycles. The van der Waals surface area contributed by atoms with Crippen LogP contribution >= 0.6 is 11.6 Å². The molecule has 5 nitrogen and oxygen atoms in total. The van der Waals surface area contributed by atoms with Gasteiger partial charge in [0.2, 0.25) is 5.91 Å².